The van der Waals surface area contributed by atoms with Crippen LogP contribution in [-0.2, 0) is 21.5 Å². The number of carbonyl (C=O) groups is 2. The highest BCUT2D eigenvalue weighted by Gasteiger charge is 2.70. The number of rotatable bonds is 2. The first-order valence-electron chi connectivity index (χ1n) is 15.1. The molecule has 3 saturated carbocycles. The molecule has 0 unspecified atom stereocenters. The second-order valence-electron chi connectivity index (χ2n) is 15.6. The lowest BCUT2D eigenvalue weighted by Gasteiger charge is -2.69. The van der Waals surface area contributed by atoms with Crippen LogP contribution in [0.4, 0.5) is 0 Å². The lowest BCUT2D eigenvalue weighted by atomic mass is 9.34. The van der Waals surface area contributed by atoms with E-state index < -0.39 is 10.8 Å². The fourth-order valence-corrected chi connectivity index (χ4v) is 10.6. The van der Waals surface area contributed by atoms with E-state index in [0.717, 1.165) is 56.3 Å². The normalized spacial score (nSPS) is 43.3. The molecule has 214 valence electrons. The number of nitrogens with zero attached hydrogens (tertiary/aromatic N) is 3. The van der Waals surface area contributed by atoms with Crippen LogP contribution < -0.4 is 5.73 Å². The minimum atomic E-state index is -0.661. The van der Waals surface area contributed by atoms with Crippen molar-refractivity contribution >= 4 is 11.6 Å². The van der Waals surface area contributed by atoms with E-state index in [1.54, 1.807) is 0 Å². The Morgan fingerprint density at radius 1 is 1.05 bits per heavy atom. The predicted octanol–water partition coefficient (Wildman–Crippen LogP) is 6.00. The van der Waals surface area contributed by atoms with Crippen LogP contribution in [-0.4, -0.2) is 21.7 Å². The minimum absolute atomic E-state index is 0.0437. The Morgan fingerprint density at radius 3 is 2.40 bits per heavy atom. The first kappa shape index (κ1) is 27.6. The molecule has 3 fully saturated rings. The molecule has 0 bridgehead atoms. The topological polar surface area (TPSA) is 123 Å². The third-order valence-electron chi connectivity index (χ3n) is 12.9. The van der Waals surface area contributed by atoms with Gasteiger partial charge in [-0.1, -0.05) is 65.3 Å². The number of hydrogen-bond acceptors (Lipinski definition) is 7. The molecule has 0 amide bonds. The highest BCUT2D eigenvalue weighted by molar-refractivity contribution is 6.04. The van der Waals surface area contributed by atoms with Crippen LogP contribution in [0.5, 0.6) is 0 Å². The van der Waals surface area contributed by atoms with Crippen LogP contribution in [0.1, 0.15) is 105 Å². The number of Topliss-reactive ketones (excluding diaryl/α,β-unsaturated/α-hetero) is 1. The van der Waals surface area contributed by atoms with Gasteiger partial charge in [0.15, 0.2) is 17.4 Å². The van der Waals surface area contributed by atoms with Crippen molar-refractivity contribution < 1.29 is 14.1 Å². The van der Waals surface area contributed by atoms with Crippen LogP contribution in [0.15, 0.2) is 27.8 Å². The lowest BCUT2D eigenvalue weighted by Crippen LogP contribution is -2.65. The molecule has 40 heavy (non-hydrogen) atoms. The summed E-state index contributed by atoms with van der Waals surface area (Å²) in [4.78, 5) is 32.7. The van der Waals surface area contributed by atoms with E-state index in [1.807, 2.05) is 26.0 Å². The van der Waals surface area contributed by atoms with Crippen molar-refractivity contribution in [2.24, 2.45) is 50.6 Å². The standard InChI is InChI=1S/C33H44N4O3/c1-28(2)10-12-33(27-36-24(18-35)40-37-27)13-11-32(7)25(20(33)16-28)21(38)14-23-30(5)15-19(17-34)26(39)29(3,4)22(30)8-9-31(23,32)6/h14-15,20,22,25H,8-13,16,18,35H2,1-7H3/t20-,22-,25-,30-,31+,32+,33-/m0/s1. The van der Waals surface area contributed by atoms with Gasteiger partial charge in [-0.15, -0.1) is 0 Å². The third kappa shape index (κ3) is 3.26. The summed E-state index contributed by atoms with van der Waals surface area (Å²) >= 11 is 0. The number of fused-ring (bicyclic) bond motifs is 7. The average Bonchev–Trinajstić information content (AvgIpc) is 3.37. The maximum atomic E-state index is 14.6. The SMILES string of the molecule is CC1(C)CC[C@]2(c3noc(CN)n3)CC[C@]3(C)[C@H](C(=O)C=C4[C@@]5(C)C=C(C#N)C(=O)C(C)(C)[C@@H]5CC[C@]43C)[C@@H]2C1. The molecule has 5 aliphatic carbocycles. The first-order valence-corrected chi connectivity index (χ1v) is 15.1. The van der Waals surface area contributed by atoms with Crippen LogP contribution >= 0.6 is 0 Å². The van der Waals surface area contributed by atoms with Gasteiger partial charge in [0.2, 0.25) is 5.89 Å². The zero-order valence-electron chi connectivity index (χ0n) is 25.2. The molecular formula is C33H44N4O3. The molecule has 7 atom stereocenters. The number of hydrogen-bond donors (Lipinski definition) is 1. The van der Waals surface area contributed by atoms with Gasteiger partial charge in [-0.05, 0) is 79.1 Å². The van der Waals surface area contributed by atoms with E-state index in [9.17, 15) is 14.9 Å². The molecule has 2 N–H and O–H groups in total. The second kappa shape index (κ2) is 8.25. The van der Waals surface area contributed by atoms with E-state index >= 15 is 0 Å². The summed E-state index contributed by atoms with van der Waals surface area (Å²) in [6.07, 6.45) is 10.4. The average molecular weight is 545 g/mol. The maximum absolute atomic E-state index is 14.6. The van der Waals surface area contributed by atoms with E-state index in [1.165, 1.54) is 0 Å². The predicted molar refractivity (Wildman–Crippen MR) is 150 cm³/mol. The molecule has 1 aromatic rings. The molecule has 0 radical (unpaired) electrons. The maximum Gasteiger partial charge on any atom is 0.240 e. The van der Waals surface area contributed by atoms with Crippen molar-refractivity contribution in [2.45, 2.75) is 105 Å². The Bertz CT molecular complexity index is 1410. The van der Waals surface area contributed by atoms with Gasteiger partial charge in [0.05, 0.1) is 12.1 Å². The van der Waals surface area contributed by atoms with Gasteiger partial charge in [-0.2, -0.15) is 10.2 Å². The minimum Gasteiger partial charge on any atom is -0.338 e. The fraction of sp³-hybridized carbons (Fsp3) is 0.727. The lowest BCUT2D eigenvalue weighted by molar-refractivity contribution is -0.160. The van der Waals surface area contributed by atoms with Crippen molar-refractivity contribution in [3.8, 4) is 6.07 Å². The molecule has 7 nitrogen and oxygen atoms in total. The Kier molecular flexibility index (Phi) is 5.68. The zero-order valence-corrected chi connectivity index (χ0v) is 25.2. The van der Waals surface area contributed by atoms with Gasteiger partial charge in [-0.25, -0.2) is 0 Å². The number of aromatic nitrogens is 2. The Labute approximate surface area is 238 Å². The van der Waals surface area contributed by atoms with Crippen molar-refractivity contribution in [3.63, 3.8) is 0 Å². The Hall–Kier alpha value is -2.59. The molecular weight excluding hydrogens is 500 g/mol. The summed E-state index contributed by atoms with van der Waals surface area (Å²) in [5.74, 6) is 1.28. The van der Waals surface area contributed by atoms with Gasteiger partial charge in [0.1, 0.15) is 6.07 Å². The van der Waals surface area contributed by atoms with Crippen LogP contribution in [0.2, 0.25) is 0 Å². The van der Waals surface area contributed by atoms with Crippen LogP contribution in [0, 0.1) is 56.2 Å². The third-order valence-corrected chi connectivity index (χ3v) is 12.9. The van der Waals surface area contributed by atoms with Crippen molar-refractivity contribution in [1.29, 1.82) is 5.26 Å². The van der Waals surface area contributed by atoms with Crippen LogP contribution in [0.25, 0.3) is 0 Å². The van der Waals surface area contributed by atoms with Gasteiger partial charge < -0.3 is 10.3 Å². The zero-order chi connectivity index (χ0) is 29.1. The second-order valence-corrected chi connectivity index (χ2v) is 15.6. The Morgan fingerprint density at radius 2 is 1.75 bits per heavy atom. The number of nitrogens with two attached hydrogens (primary N) is 1. The highest BCUT2D eigenvalue weighted by atomic mass is 16.5. The molecule has 5 aliphatic rings. The molecule has 7 heteroatoms. The largest absolute Gasteiger partial charge is 0.338 e. The molecule has 0 saturated heterocycles. The summed E-state index contributed by atoms with van der Waals surface area (Å²) < 4.78 is 5.53. The summed E-state index contributed by atoms with van der Waals surface area (Å²) in [6, 6.07) is 2.20. The molecule has 0 aliphatic heterocycles. The number of allylic oxidation sites excluding steroid dienone is 4. The molecule has 0 aromatic carbocycles. The highest BCUT2D eigenvalue weighted by Crippen LogP contribution is 2.74. The van der Waals surface area contributed by atoms with Crippen molar-refractivity contribution in [1.82, 2.24) is 10.1 Å². The van der Waals surface area contributed by atoms with Gasteiger partial charge in [0, 0.05) is 22.2 Å². The van der Waals surface area contributed by atoms with Gasteiger partial charge in [0.25, 0.3) is 0 Å². The molecule has 1 heterocycles. The van der Waals surface area contributed by atoms with E-state index in [0.29, 0.717) is 5.89 Å². The number of ketones is 2. The summed E-state index contributed by atoms with van der Waals surface area (Å²) in [6.45, 7) is 15.7. The van der Waals surface area contributed by atoms with Gasteiger partial charge >= 0.3 is 0 Å². The quantitative estimate of drug-likeness (QED) is 0.484. The molecule has 0 spiro atoms. The van der Waals surface area contributed by atoms with Crippen molar-refractivity contribution in [3.05, 3.63) is 35.0 Å². The fourth-order valence-electron chi connectivity index (χ4n) is 10.6. The first-order chi connectivity index (χ1) is 18.6. The Balaban J connectivity index is 1.53. The molecule has 1 aromatic heterocycles. The summed E-state index contributed by atoms with van der Waals surface area (Å²) in [5.41, 5.74) is 5.33. The van der Waals surface area contributed by atoms with Gasteiger partial charge in [-0.3, -0.25) is 9.59 Å². The van der Waals surface area contributed by atoms with E-state index in [-0.39, 0.29) is 63.1 Å². The summed E-state index contributed by atoms with van der Waals surface area (Å²) in [5, 5.41) is 14.4. The van der Waals surface area contributed by atoms with Crippen LogP contribution in [0.3, 0.4) is 0 Å². The van der Waals surface area contributed by atoms with E-state index in [4.69, 9.17) is 15.2 Å². The smallest absolute Gasteiger partial charge is 0.240 e. The van der Waals surface area contributed by atoms with Crippen molar-refractivity contribution in [2.75, 3.05) is 0 Å². The monoisotopic (exact) mass is 544 g/mol. The molecule has 6 rings (SSSR count). The number of nitriles is 1. The van der Waals surface area contributed by atoms with E-state index in [2.05, 4.69) is 45.8 Å². The summed E-state index contributed by atoms with van der Waals surface area (Å²) in [7, 11) is 0. The number of carbonyl (C=O) groups excluding carboxylic acids is 2.